The fourth-order valence-electron chi connectivity index (χ4n) is 10.0. The molecule has 0 atom stereocenters. The number of para-hydroxylation sites is 1. The van der Waals surface area contributed by atoms with Crippen molar-refractivity contribution in [3.63, 3.8) is 0 Å². The van der Waals surface area contributed by atoms with Crippen LogP contribution < -0.4 is 26.2 Å². The van der Waals surface area contributed by atoms with Gasteiger partial charge in [0.1, 0.15) is 11.2 Å². The highest BCUT2D eigenvalue weighted by atomic mass is 16.3. The highest BCUT2D eigenvalue weighted by Crippen LogP contribution is 2.47. The Morgan fingerprint density at radius 2 is 0.952 bits per heavy atom. The third kappa shape index (κ3) is 6.80. The highest BCUT2D eigenvalue weighted by molar-refractivity contribution is 7.00. The van der Waals surface area contributed by atoms with Gasteiger partial charge in [-0.25, -0.2) is 0 Å². The lowest BCUT2D eigenvalue weighted by atomic mass is 9.33. The topological polar surface area (TPSA) is 19.6 Å². The van der Waals surface area contributed by atoms with Crippen molar-refractivity contribution in [1.82, 2.24) is 0 Å². The van der Waals surface area contributed by atoms with E-state index in [0.717, 1.165) is 33.4 Å². The minimum Gasteiger partial charge on any atom is -0.455 e. The second-order valence-corrected chi connectivity index (χ2v) is 22.5. The molecule has 0 saturated carbocycles. The van der Waals surface area contributed by atoms with Crippen molar-refractivity contribution in [1.29, 1.82) is 0 Å². The Labute approximate surface area is 375 Å². The summed E-state index contributed by atoms with van der Waals surface area (Å²) in [6.07, 6.45) is 0. The molecule has 0 saturated heterocycles. The molecule has 0 fully saturated rings. The molecule has 0 bridgehead atoms. The second-order valence-electron chi connectivity index (χ2n) is 22.5. The molecule has 3 nitrogen and oxygen atoms in total. The van der Waals surface area contributed by atoms with Crippen LogP contribution in [-0.4, -0.2) is 6.71 Å². The summed E-state index contributed by atoms with van der Waals surface area (Å²) in [4.78, 5) is 5.08. The van der Waals surface area contributed by atoms with Gasteiger partial charge in [-0.3, -0.25) is 0 Å². The van der Waals surface area contributed by atoms with Crippen LogP contribution >= 0.6 is 0 Å². The van der Waals surface area contributed by atoms with Gasteiger partial charge >= 0.3 is 0 Å². The predicted molar refractivity (Wildman–Crippen MR) is 273 cm³/mol. The van der Waals surface area contributed by atoms with Gasteiger partial charge in [-0.05, 0) is 139 Å². The van der Waals surface area contributed by atoms with Gasteiger partial charge in [-0.15, -0.1) is 0 Å². The minimum absolute atomic E-state index is 0.0185. The van der Waals surface area contributed by atoms with E-state index in [2.05, 4.69) is 233 Å². The predicted octanol–water partition coefficient (Wildman–Crippen LogP) is 14.8. The van der Waals surface area contributed by atoms with Crippen molar-refractivity contribution in [3.8, 4) is 11.1 Å². The van der Waals surface area contributed by atoms with Gasteiger partial charge in [0.2, 0.25) is 0 Å². The van der Waals surface area contributed by atoms with Crippen LogP contribution in [0.3, 0.4) is 0 Å². The van der Waals surface area contributed by atoms with Crippen LogP contribution in [0.4, 0.5) is 34.1 Å². The van der Waals surface area contributed by atoms with E-state index >= 15 is 0 Å². The molecule has 0 N–H and O–H groups in total. The average Bonchev–Trinajstić information content (AvgIpc) is 3.60. The lowest BCUT2D eigenvalue weighted by molar-refractivity contribution is 0.590. The summed E-state index contributed by atoms with van der Waals surface area (Å²) in [6.45, 7) is 29.8. The number of aryl methyl sites for hydroxylation is 1. The Hall–Kier alpha value is -6.00. The van der Waals surface area contributed by atoms with Crippen LogP contribution in [0.25, 0.3) is 33.1 Å². The Bertz CT molecular complexity index is 3100. The first-order valence-electron chi connectivity index (χ1n) is 22.9. The first-order valence-corrected chi connectivity index (χ1v) is 22.9. The van der Waals surface area contributed by atoms with Gasteiger partial charge in [0, 0.05) is 50.5 Å². The monoisotopic (exact) mass is 824 g/mol. The van der Waals surface area contributed by atoms with Crippen LogP contribution in [0.2, 0.25) is 0 Å². The molecule has 3 heterocycles. The molecule has 4 heteroatoms. The van der Waals surface area contributed by atoms with Crippen molar-refractivity contribution < 1.29 is 4.42 Å². The maximum absolute atomic E-state index is 6.80. The zero-order valence-corrected chi connectivity index (χ0v) is 39.6. The smallest absolute Gasteiger partial charge is 0.252 e. The van der Waals surface area contributed by atoms with Crippen LogP contribution in [-0.2, 0) is 21.7 Å². The third-order valence-corrected chi connectivity index (χ3v) is 13.7. The van der Waals surface area contributed by atoms with Crippen molar-refractivity contribution in [2.75, 3.05) is 9.80 Å². The Morgan fingerprint density at radius 1 is 0.429 bits per heavy atom. The van der Waals surface area contributed by atoms with Crippen LogP contribution in [0.1, 0.15) is 111 Å². The Balaban J connectivity index is 1.25. The number of hydrogen-bond acceptors (Lipinski definition) is 3. The summed E-state index contributed by atoms with van der Waals surface area (Å²) in [7, 11) is 0. The summed E-state index contributed by atoms with van der Waals surface area (Å²) in [5.41, 5.74) is 21.9. The van der Waals surface area contributed by atoms with Gasteiger partial charge < -0.3 is 14.2 Å². The zero-order valence-electron chi connectivity index (χ0n) is 39.6. The van der Waals surface area contributed by atoms with Gasteiger partial charge in [0.25, 0.3) is 6.71 Å². The van der Waals surface area contributed by atoms with Crippen molar-refractivity contribution in [3.05, 3.63) is 161 Å². The van der Waals surface area contributed by atoms with E-state index in [4.69, 9.17) is 4.42 Å². The number of hydrogen-bond donors (Lipinski definition) is 0. The van der Waals surface area contributed by atoms with E-state index in [-0.39, 0.29) is 28.4 Å². The van der Waals surface area contributed by atoms with E-state index in [0.29, 0.717) is 0 Å². The van der Waals surface area contributed by atoms with Gasteiger partial charge in [-0.1, -0.05) is 156 Å². The summed E-state index contributed by atoms with van der Waals surface area (Å²) in [6, 6.07) is 51.2. The number of fused-ring (bicyclic) bond motifs is 7. The van der Waals surface area contributed by atoms with Crippen LogP contribution in [0.5, 0.6) is 0 Å². The molecule has 7 aromatic carbocycles. The molecular weight excluding hydrogens is 763 g/mol. The minimum atomic E-state index is -0.0221. The normalized spacial score (nSPS) is 14.0. The largest absolute Gasteiger partial charge is 0.455 e. The fourth-order valence-corrected chi connectivity index (χ4v) is 10.0. The molecule has 0 amide bonds. The molecule has 0 unspecified atom stereocenters. The maximum atomic E-state index is 6.80. The van der Waals surface area contributed by atoms with Gasteiger partial charge in [0.05, 0.1) is 0 Å². The molecule has 0 aliphatic carbocycles. The quantitative estimate of drug-likeness (QED) is 0.166. The van der Waals surface area contributed by atoms with Crippen molar-refractivity contribution in [2.24, 2.45) is 0 Å². The average molecular weight is 825 g/mol. The molecule has 2 aliphatic heterocycles. The van der Waals surface area contributed by atoms with Gasteiger partial charge in [-0.2, -0.15) is 0 Å². The molecule has 10 rings (SSSR count). The molecule has 316 valence electrons. The van der Waals surface area contributed by atoms with E-state index in [1.54, 1.807) is 0 Å². The number of rotatable bonds is 3. The number of nitrogens with zero attached hydrogens (tertiary/aromatic N) is 2. The second kappa shape index (κ2) is 14.0. The number of anilines is 6. The van der Waals surface area contributed by atoms with E-state index in [1.807, 2.05) is 0 Å². The van der Waals surface area contributed by atoms with E-state index in [9.17, 15) is 0 Å². The molecule has 2 aliphatic rings. The first kappa shape index (κ1) is 41.0. The van der Waals surface area contributed by atoms with Gasteiger partial charge in [0.15, 0.2) is 0 Å². The number of benzene rings is 7. The molecule has 63 heavy (non-hydrogen) atoms. The van der Waals surface area contributed by atoms with E-state index < -0.39 is 0 Å². The Morgan fingerprint density at radius 3 is 1.52 bits per heavy atom. The third-order valence-electron chi connectivity index (χ3n) is 13.7. The van der Waals surface area contributed by atoms with Crippen LogP contribution in [0, 0.1) is 6.92 Å². The first-order chi connectivity index (χ1) is 29.7. The SMILES string of the molecule is Cc1cc2c3c(c1)N(c1ccc(C(C)(C)C)cc1)c1cc(-c4cccc5c4oc4ccc(C(C)(C)C)cc45)ccc1B3c1cc(C(C)(C)C)ccc1N2c1ccc(C(C)(C)C)cc1. The molecule has 0 spiro atoms. The standard InChI is InChI=1S/C59H61BN2O/c1-36-31-51-54-52(32-36)62(43-26-20-39(21-27-43)57(5,6)7)50-33-37(44-15-14-16-45-46-34-40(58(8,9)10)23-30-53(46)63-55(44)45)17-28-47(50)60(54)48-35-41(59(11,12)13)22-29-49(48)61(51)42-24-18-38(19-25-42)56(2,3)4/h14-35H,1-13H3. The summed E-state index contributed by atoms with van der Waals surface area (Å²) in [5, 5.41) is 2.32. The molecule has 1 aromatic heterocycles. The van der Waals surface area contributed by atoms with Crippen molar-refractivity contribution >= 4 is 79.2 Å². The zero-order chi connectivity index (χ0) is 44.5. The highest BCUT2D eigenvalue weighted by Gasteiger charge is 2.44. The Kier molecular flexibility index (Phi) is 9.12. The summed E-state index contributed by atoms with van der Waals surface area (Å²) in [5.74, 6) is 0. The number of furan rings is 1. The van der Waals surface area contributed by atoms with Crippen molar-refractivity contribution in [2.45, 2.75) is 112 Å². The molecule has 8 aromatic rings. The molecular formula is C59H61BN2O. The molecule has 0 radical (unpaired) electrons. The summed E-state index contributed by atoms with van der Waals surface area (Å²) >= 11 is 0. The lowest BCUT2D eigenvalue weighted by Crippen LogP contribution is -2.61. The fraction of sp³-hybridized carbons (Fsp3) is 0.288. The summed E-state index contributed by atoms with van der Waals surface area (Å²) < 4.78 is 6.80. The lowest BCUT2D eigenvalue weighted by Gasteiger charge is -2.45. The maximum Gasteiger partial charge on any atom is 0.252 e. The van der Waals surface area contributed by atoms with Crippen LogP contribution in [0.15, 0.2) is 138 Å². The van der Waals surface area contributed by atoms with E-state index in [1.165, 1.54) is 78.0 Å².